The molecule has 1 aromatic carbocycles. The van der Waals surface area contributed by atoms with Crippen LogP contribution >= 0.6 is 11.8 Å². The van der Waals surface area contributed by atoms with Gasteiger partial charge in [-0.15, -0.1) is 11.8 Å². The molecule has 0 radical (unpaired) electrons. The summed E-state index contributed by atoms with van der Waals surface area (Å²) in [6.45, 7) is 7.91. The molecule has 3 heteroatoms. The van der Waals surface area contributed by atoms with Gasteiger partial charge in [0.1, 0.15) is 0 Å². The maximum Gasteiger partial charge on any atom is 0.0768 e. The summed E-state index contributed by atoms with van der Waals surface area (Å²) >= 11 is 1.97. The van der Waals surface area contributed by atoms with Gasteiger partial charge in [0.25, 0.3) is 0 Å². The largest absolute Gasteiger partial charge is 0.349 e. The molecular formula is C19H24N2S. The molecule has 116 valence electrons. The maximum atomic E-state index is 3.69. The molecule has 0 spiro atoms. The zero-order chi connectivity index (χ0) is 15.4. The van der Waals surface area contributed by atoms with Crippen LogP contribution in [0.25, 0.3) is 10.9 Å². The number of hydrogen-bond donors (Lipinski definition) is 1. The highest BCUT2D eigenvalue weighted by molar-refractivity contribution is 7.99. The van der Waals surface area contributed by atoms with Crippen LogP contribution in [0.4, 0.5) is 0 Å². The Morgan fingerprint density at radius 2 is 2.14 bits per heavy atom. The fourth-order valence-corrected chi connectivity index (χ4v) is 5.14. The number of thioether (sulfide) groups is 1. The lowest BCUT2D eigenvalue weighted by atomic mass is 9.77. The normalized spacial score (nSPS) is 24.7. The Hall–Kier alpha value is -1.19. The van der Waals surface area contributed by atoms with Crippen molar-refractivity contribution in [2.24, 2.45) is 0 Å². The smallest absolute Gasteiger partial charge is 0.0768 e. The minimum atomic E-state index is 0.544. The van der Waals surface area contributed by atoms with Crippen molar-refractivity contribution in [3.05, 3.63) is 41.0 Å². The molecular weight excluding hydrogens is 288 g/mol. The Balaban J connectivity index is 1.93. The molecule has 0 amide bonds. The Morgan fingerprint density at radius 3 is 2.91 bits per heavy atom. The summed E-state index contributed by atoms with van der Waals surface area (Å²) in [6, 6.07) is 7.38. The summed E-state index contributed by atoms with van der Waals surface area (Å²) in [5, 5.41) is 3.48. The van der Waals surface area contributed by atoms with Crippen molar-refractivity contribution in [3.63, 3.8) is 0 Å². The second kappa shape index (κ2) is 5.17. The third-order valence-corrected chi connectivity index (χ3v) is 6.05. The molecule has 1 aliphatic heterocycles. The van der Waals surface area contributed by atoms with Gasteiger partial charge in [-0.05, 0) is 37.6 Å². The molecule has 0 unspecified atom stereocenters. The van der Waals surface area contributed by atoms with Gasteiger partial charge in [0, 0.05) is 34.7 Å². The standard InChI is InChI=1S/C19H24N2S/c1-11(2)22-19-15-9-17-14(8-12(3)10-21(17)4)13-6-5-7-16(20-19)18(13)15/h5-8,11,14,17,20H,9-10H2,1-4H3/t14-,17-/m1/s1. The fourth-order valence-electron chi connectivity index (χ4n) is 4.18. The molecule has 2 aliphatic rings. The lowest BCUT2D eigenvalue weighted by Gasteiger charge is -2.41. The second-order valence-electron chi connectivity index (χ2n) is 7.09. The SMILES string of the molecule is CC1=C[C@@H]2c3cccc4[nH]c(SC(C)C)c(c34)C[C@H]2N(C)C1. The molecule has 1 N–H and O–H groups in total. The van der Waals surface area contributed by atoms with E-state index >= 15 is 0 Å². The molecule has 0 fully saturated rings. The van der Waals surface area contributed by atoms with Gasteiger partial charge in [0.2, 0.25) is 0 Å². The number of hydrogen-bond acceptors (Lipinski definition) is 2. The summed E-state index contributed by atoms with van der Waals surface area (Å²) in [4.78, 5) is 6.23. The molecule has 1 aliphatic carbocycles. The molecule has 2 heterocycles. The molecule has 0 bridgehead atoms. The first-order chi connectivity index (χ1) is 10.5. The number of H-pyrrole nitrogens is 1. The van der Waals surface area contributed by atoms with Gasteiger partial charge in [-0.2, -0.15) is 0 Å². The third-order valence-electron chi connectivity index (χ3n) is 4.99. The molecule has 4 rings (SSSR count). The van der Waals surface area contributed by atoms with E-state index in [0.29, 0.717) is 17.2 Å². The highest BCUT2D eigenvalue weighted by atomic mass is 32.2. The van der Waals surface area contributed by atoms with Gasteiger partial charge in [-0.1, -0.05) is 37.6 Å². The van der Waals surface area contributed by atoms with Crippen molar-refractivity contribution in [3.8, 4) is 0 Å². The Labute approximate surface area is 137 Å². The molecule has 1 aromatic heterocycles. The van der Waals surface area contributed by atoms with E-state index in [1.807, 2.05) is 11.8 Å². The fraction of sp³-hybridized carbons (Fsp3) is 0.474. The molecule has 2 atom stereocenters. The van der Waals surface area contributed by atoms with Crippen LogP contribution in [0.5, 0.6) is 0 Å². The van der Waals surface area contributed by atoms with Crippen molar-refractivity contribution in [1.29, 1.82) is 0 Å². The highest BCUT2D eigenvalue weighted by Gasteiger charge is 2.36. The minimum Gasteiger partial charge on any atom is -0.349 e. The summed E-state index contributed by atoms with van der Waals surface area (Å²) in [6.07, 6.45) is 3.67. The zero-order valence-electron chi connectivity index (χ0n) is 13.8. The van der Waals surface area contributed by atoms with Crippen molar-refractivity contribution < 1.29 is 0 Å². The summed E-state index contributed by atoms with van der Waals surface area (Å²) in [5.74, 6) is 0.544. The van der Waals surface area contributed by atoms with E-state index in [1.54, 1.807) is 5.56 Å². The van der Waals surface area contributed by atoms with E-state index in [9.17, 15) is 0 Å². The average molecular weight is 312 g/mol. The topological polar surface area (TPSA) is 19.0 Å². The predicted molar refractivity (Wildman–Crippen MR) is 95.9 cm³/mol. The zero-order valence-corrected chi connectivity index (χ0v) is 14.6. The Kier molecular flexibility index (Phi) is 3.39. The van der Waals surface area contributed by atoms with Crippen molar-refractivity contribution in [2.75, 3.05) is 13.6 Å². The van der Waals surface area contributed by atoms with Crippen LogP contribution in [0.1, 0.15) is 37.8 Å². The molecule has 2 nitrogen and oxygen atoms in total. The molecule has 0 saturated heterocycles. The lowest BCUT2D eigenvalue weighted by molar-refractivity contribution is 0.224. The van der Waals surface area contributed by atoms with Gasteiger partial charge in [0.15, 0.2) is 0 Å². The number of rotatable bonds is 2. The Bertz CT molecular complexity index is 756. The van der Waals surface area contributed by atoms with Crippen LogP contribution in [0, 0.1) is 0 Å². The van der Waals surface area contributed by atoms with E-state index in [4.69, 9.17) is 0 Å². The predicted octanol–water partition coefficient (Wildman–Crippen LogP) is 4.57. The maximum absolute atomic E-state index is 3.69. The highest BCUT2D eigenvalue weighted by Crippen LogP contribution is 2.45. The molecule has 22 heavy (non-hydrogen) atoms. The van der Waals surface area contributed by atoms with Gasteiger partial charge in [-0.3, -0.25) is 4.90 Å². The number of fused-ring (bicyclic) bond motifs is 2. The van der Waals surface area contributed by atoms with Crippen LogP contribution in [0.2, 0.25) is 0 Å². The molecule has 2 aromatic rings. The number of benzene rings is 1. The van der Waals surface area contributed by atoms with Gasteiger partial charge < -0.3 is 4.98 Å². The van der Waals surface area contributed by atoms with Gasteiger partial charge in [-0.25, -0.2) is 0 Å². The van der Waals surface area contributed by atoms with Crippen molar-refractivity contribution in [1.82, 2.24) is 9.88 Å². The van der Waals surface area contributed by atoms with E-state index in [1.165, 1.54) is 27.1 Å². The summed E-state index contributed by atoms with van der Waals surface area (Å²) in [5.41, 5.74) is 5.87. The van der Waals surface area contributed by atoms with Crippen LogP contribution < -0.4 is 0 Å². The first kappa shape index (κ1) is 14.4. The van der Waals surface area contributed by atoms with E-state index < -0.39 is 0 Å². The first-order valence-corrected chi connectivity index (χ1v) is 9.10. The van der Waals surface area contributed by atoms with Crippen molar-refractivity contribution >= 4 is 22.7 Å². The van der Waals surface area contributed by atoms with Crippen molar-refractivity contribution in [2.45, 2.75) is 49.4 Å². The lowest BCUT2D eigenvalue weighted by Crippen LogP contribution is -2.43. The van der Waals surface area contributed by atoms with Crippen LogP contribution in [0.15, 0.2) is 34.9 Å². The second-order valence-corrected chi connectivity index (χ2v) is 8.68. The number of likely N-dealkylation sites (N-methyl/N-ethyl adjacent to an activating group) is 1. The van der Waals surface area contributed by atoms with Gasteiger partial charge >= 0.3 is 0 Å². The van der Waals surface area contributed by atoms with Crippen LogP contribution in [0.3, 0.4) is 0 Å². The third kappa shape index (κ3) is 2.14. The number of nitrogens with zero attached hydrogens (tertiary/aromatic N) is 1. The Morgan fingerprint density at radius 1 is 1.32 bits per heavy atom. The number of aromatic amines is 1. The summed E-state index contributed by atoms with van der Waals surface area (Å²) < 4.78 is 0. The van der Waals surface area contributed by atoms with Gasteiger partial charge in [0.05, 0.1) is 5.03 Å². The minimum absolute atomic E-state index is 0.544. The van der Waals surface area contributed by atoms with E-state index in [2.05, 4.69) is 62.0 Å². The quantitative estimate of drug-likeness (QED) is 0.647. The van der Waals surface area contributed by atoms with E-state index in [-0.39, 0.29) is 0 Å². The van der Waals surface area contributed by atoms with E-state index in [0.717, 1.165) is 13.0 Å². The van der Waals surface area contributed by atoms with Crippen LogP contribution in [-0.4, -0.2) is 34.8 Å². The van der Waals surface area contributed by atoms with Crippen LogP contribution in [-0.2, 0) is 6.42 Å². The number of nitrogens with one attached hydrogen (secondary N) is 1. The monoisotopic (exact) mass is 312 g/mol. The summed E-state index contributed by atoms with van der Waals surface area (Å²) in [7, 11) is 2.28. The average Bonchev–Trinajstić information content (AvgIpc) is 2.79. The first-order valence-electron chi connectivity index (χ1n) is 8.22. The molecule has 0 saturated carbocycles. The number of aromatic nitrogens is 1.